The summed E-state index contributed by atoms with van der Waals surface area (Å²) in [6.45, 7) is -0.135. The molecule has 0 saturated carbocycles. The molecule has 0 bridgehead atoms. The SMILES string of the molecule is O=C(CNc1ccc(Br)cc1F)N(c1ccccc1)C1CCS(=O)(=O)C1. The van der Waals surface area contributed by atoms with Crippen LogP contribution in [0.2, 0.25) is 0 Å². The number of nitrogens with one attached hydrogen (secondary N) is 1. The molecule has 0 radical (unpaired) electrons. The molecule has 2 aromatic rings. The minimum Gasteiger partial charge on any atom is -0.374 e. The van der Waals surface area contributed by atoms with Crippen molar-refractivity contribution in [1.82, 2.24) is 0 Å². The number of benzene rings is 2. The number of hydrogen-bond acceptors (Lipinski definition) is 4. The molecular weight excluding hydrogens is 423 g/mol. The summed E-state index contributed by atoms with van der Waals surface area (Å²) < 4.78 is 38.2. The highest BCUT2D eigenvalue weighted by Crippen LogP contribution is 2.25. The quantitative estimate of drug-likeness (QED) is 0.774. The maximum atomic E-state index is 13.9. The third-order valence-corrected chi connectivity index (χ3v) is 6.48. The molecule has 1 saturated heterocycles. The molecule has 2 aromatic carbocycles. The lowest BCUT2D eigenvalue weighted by Crippen LogP contribution is -2.44. The number of halogens is 2. The van der Waals surface area contributed by atoms with Crippen molar-refractivity contribution in [2.45, 2.75) is 12.5 Å². The van der Waals surface area contributed by atoms with E-state index in [1.165, 1.54) is 11.0 Å². The lowest BCUT2D eigenvalue weighted by Gasteiger charge is -2.28. The molecule has 1 N–H and O–H groups in total. The van der Waals surface area contributed by atoms with Crippen LogP contribution in [0.3, 0.4) is 0 Å². The number of carbonyl (C=O) groups excluding carboxylic acids is 1. The van der Waals surface area contributed by atoms with Gasteiger partial charge in [-0.05, 0) is 36.8 Å². The fraction of sp³-hybridized carbons (Fsp3) is 0.278. The maximum absolute atomic E-state index is 13.9. The van der Waals surface area contributed by atoms with Crippen molar-refractivity contribution in [2.75, 3.05) is 28.3 Å². The molecule has 3 rings (SSSR count). The zero-order valence-corrected chi connectivity index (χ0v) is 16.3. The molecule has 1 heterocycles. The van der Waals surface area contributed by atoms with Crippen LogP contribution in [-0.4, -0.2) is 38.4 Å². The van der Waals surface area contributed by atoms with Gasteiger partial charge >= 0.3 is 0 Å². The summed E-state index contributed by atoms with van der Waals surface area (Å²) in [5.74, 6) is -0.758. The number of amides is 1. The third kappa shape index (κ3) is 4.42. The number of para-hydroxylation sites is 1. The second-order valence-electron chi connectivity index (χ2n) is 6.13. The molecular formula is C18H18BrFN2O3S. The summed E-state index contributed by atoms with van der Waals surface area (Å²) in [5, 5.41) is 2.80. The van der Waals surface area contributed by atoms with Crippen molar-refractivity contribution < 1.29 is 17.6 Å². The number of sulfone groups is 1. The Kier molecular flexibility index (Phi) is 5.62. The Morgan fingerprint density at radius 3 is 2.58 bits per heavy atom. The molecule has 0 aromatic heterocycles. The van der Waals surface area contributed by atoms with E-state index in [2.05, 4.69) is 21.2 Å². The summed E-state index contributed by atoms with van der Waals surface area (Å²) in [6, 6.07) is 13.1. The van der Waals surface area contributed by atoms with E-state index in [1.54, 1.807) is 36.4 Å². The van der Waals surface area contributed by atoms with Gasteiger partial charge in [0.2, 0.25) is 5.91 Å². The zero-order chi connectivity index (χ0) is 18.7. The number of hydrogen-bond donors (Lipinski definition) is 1. The van der Waals surface area contributed by atoms with Crippen molar-refractivity contribution in [3.8, 4) is 0 Å². The third-order valence-electron chi connectivity index (χ3n) is 4.24. The van der Waals surface area contributed by atoms with Crippen molar-refractivity contribution in [2.24, 2.45) is 0 Å². The van der Waals surface area contributed by atoms with Gasteiger partial charge in [0.25, 0.3) is 0 Å². The van der Waals surface area contributed by atoms with Gasteiger partial charge in [0, 0.05) is 10.2 Å². The first-order valence-corrected chi connectivity index (χ1v) is 10.7. The molecule has 26 heavy (non-hydrogen) atoms. The van der Waals surface area contributed by atoms with Crippen LogP contribution in [0.4, 0.5) is 15.8 Å². The van der Waals surface area contributed by atoms with Crippen LogP contribution in [0, 0.1) is 5.82 Å². The Morgan fingerprint density at radius 2 is 1.96 bits per heavy atom. The van der Waals surface area contributed by atoms with Crippen LogP contribution in [0.1, 0.15) is 6.42 Å². The first kappa shape index (κ1) is 18.8. The van der Waals surface area contributed by atoms with Crippen LogP contribution < -0.4 is 10.2 Å². The largest absolute Gasteiger partial charge is 0.374 e. The van der Waals surface area contributed by atoms with Gasteiger partial charge in [-0.1, -0.05) is 34.1 Å². The average Bonchev–Trinajstić information content (AvgIpc) is 2.95. The van der Waals surface area contributed by atoms with Gasteiger partial charge in [-0.25, -0.2) is 12.8 Å². The molecule has 1 aliphatic rings. The highest BCUT2D eigenvalue weighted by Gasteiger charge is 2.35. The highest BCUT2D eigenvalue weighted by atomic mass is 79.9. The Labute approximate surface area is 160 Å². The molecule has 5 nitrogen and oxygen atoms in total. The fourth-order valence-corrected chi connectivity index (χ4v) is 5.05. The van der Waals surface area contributed by atoms with Crippen LogP contribution in [0.15, 0.2) is 53.0 Å². The van der Waals surface area contributed by atoms with Gasteiger partial charge in [0.15, 0.2) is 9.84 Å². The first-order chi connectivity index (χ1) is 12.4. The highest BCUT2D eigenvalue weighted by molar-refractivity contribution is 9.10. The van der Waals surface area contributed by atoms with Crippen molar-refractivity contribution >= 4 is 43.0 Å². The van der Waals surface area contributed by atoms with Crippen LogP contribution in [-0.2, 0) is 14.6 Å². The number of anilines is 2. The van der Waals surface area contributed by atoms with Gasteiger partial charge in [0.05, 0.1) is 29.8 Å². The monoisotopic (exact) mass is 440 g/mol. The Bertz CT molecular complexity index is 906. The first-order valence-electron chi connectivity index (χ1n) is 8.12. The van der Waals surface area contributed by atoms with E-state index in [-0.39, 0.29) is 29.6 Å². The second kappa shape index (κ2) is 7.75. The molecule has 1 unspecified atom stereocenters. The van der Waals surface area contributed by atoms with E-state index < -0.39 is 21.7 Å². The molecule has 1 fully saturated rings. The van der Waals surface area contributed by atoms with Crippen molar-refractivity contribution in [1.29, 1.82) is 0 Å². The Hall–Kier alpha value is -1.93. The number of rotatable bonds is 5. The zero-order valence-electron chi connectivity index (χ0n) is 13.9. The standard InChI is InChI=1S/C18H18BrFN2O3S/c19-13-6-7-17(16(20)10-13)21-11-18(23)22(14-4-2-1-3-5-14)15-8-9-26(24,25)12-15/h1-7,10,15,21H,8-9,11-12H2. The molecule has 138 valence electrons. The van der Waals surface area contributed by atoms with Gasteiger partial charge < -0.3 is 10.2 Å². The minimum atomic E-state index is -3.14. The molecule has 0 spiro atoms. The van der Waals surface area contributed by atoms with E-state index in [0.717, 1.165) is 0 Å². The van der Waals surface area contributed by atoms with Gasteiger partial charge in [-0.15, -0.1) is 0 Å². The van der Waals surface area contributed by atoms with E-state index >= 15 is 0 Å². The van der Waals surface area contributed by atoms with Gasteiger partial charge in [-0.2, -0.15) is 0 Å². The second-order valence-corrected chi connectivity index (χ2v) is 9.28. The van der Waals surface area contributed by atoms with E-state index in [1.807, 2.05) is 6.07 Å². The lowest BCUT2D eigenvalue weighted by atomic mass is 10.1. The number of carbonyl (C=O) groups is 1. The summed E-state index contributed by atoms with van der Waals surface area (Å²) in [4.78, 5) is 14.3. The predicted octanol–water partition coefficient (Wildman–Crippen LogP) is 3.22. The Morgan fingerprint density at radius 1 is 1.23 bits per heavy atom. The molecule has 1 aliphatic heterocycles. The van der Waals surface area contributed by atoms with Gasteiger partial charge in [-0.3, -0.25) is 4.79 Å². The fourth-order valence-electron chi connectivity index (χ4n) is 3.01. The summed E-state index contributed by atoms with van der Waals surface area (Å²) in [7, 11) is -3.14. The van der Waals surface area contributed by atoms with E-state index in [4.69, 9.17) is 0 Å². The molecule has 8 heteroatoms. The van der Waals surface area contributed by atoms with E-state index in [9.17, 15) is 17.6 Å². The van der Waals surface area contributed by atoms with Crippen LogP contribution in [0.25, 0.3) is 0 Å². The topological polar surface area (TPSA) is 66.5 Å². The maximum Gasteiger partial charge on any atom is 0.246 e. The predicted molar refractivity (Wildman–Crippen MR) is 104 cm³/mol. The van der Waals surface area contributed by atoms with Crippen molar-refractivity contribution in [3.05, 3.63) is 58.8 Å². The Balaban J connectivity index is 1.79. The van der Waals surface area contributed by atoms with Crippen molar-refractivity contribution in [3.63, 3.8) is 0 Å². The lowest BCUT2D eigenvalue weighted by molar-refractivity contribution is -0.117. The minimum absolute atomic E-state index is 0.0553. The average molecular weight is 441 g/mol. The number of nitrogens with zero attached hydrogens (tertiary/aromatic N) is 1. The smallest absolute Gasteiger partial charge is 0.246 e. The summed E-state index contributed by atoms with van der Waals surface area (Å²) >= 11 is 3.19. The molecule has 0 aliphatic carbocycles. The van der Waals surface area contributed by atoms with Crippen LogP contribution >= 0.6 is 15.9 Å². The van der Waals surface area contributed by atoms with E-state index in [0.29, 0.717) is 16.6 Å². The van der Waals surface area contributed by atoms with Crippen LogP contribution in [0.5, 0.6) is 0 Å². The summed E-state index contributed by atoms with van der Waals surface area (Å²) in [6.07, 6.45) is 0.398. The summed E-state index contributed by atoms with van der Waals surface area (Å²) in [5.41, 5.74) is 0.853. The normalized spacial score (nSPS) is 18.5. The van der Waals surface area contributed by atoms with Gasteiger partial charge in [0.1, 0.15) is 5.82 Å². The molecule has 1 atom stereocenters. The molecule has 1 amide bonds.